The van der Waals surface area contributed by atoms with Crippen LogP contribution in [0.1, 0.15) is 62.3 Å². The average Bonchev–Trinajstić information content (AvgIpc) is 2.77. The Hall–Kier alpha value is -2.60. The third-order valence-corrected chi connectivity index (χ3v) is 6.07. The van der Waals surface area contributed by atoms with Crippen LogP contribution in [0.5, 0.6) is 0 Å². The lowest BCUT2D eigenvalue weighted by Gasteiger charge is -2.17. The smallest absolute Gasteiger partial charge is 0.0149 e. The van der Waals surface area contributed by atoms with Gasteiger partial charge in [-0.2, -0.15) is 0 Å². The van der Waals surface area contributed by atoms with Crippen molar-refractivity contribution in [1.82, 2.24) is 0 Å². The predicted molar refractivity (Wildman–Crippen MR) is 133 cm³/mol. The zero-order chi connectivity index (χ0) is 21.3. The van der Waals surface area contributed by atoms with E-state index in [1.807, 2.05) is 0 Å². The summed E-state index contributed by atoms with van der Waals surface area (Å²) in [6.45, 7) is 9.10. The number of hydrogen-bond acceptors (Lipinski definition) is 0. The standard InChI is InChI=1S/C30H36/c1-5-12-23(3)28(13-6-2)27-17-11-15-25(22-27)20-21-26-16-8-10-19-30(26)29-18-9-7-14-24(29)4/h7-11,13-19,22-23H,5-6,12,20-21H2,1-4H3/b28-13-. The van der Waals surface area contributed by atoms with Crippen LogP contribution >= 0.6 is 0 Å². The molecule has 3 aromatic rings. The maximum absolute atomic E-state index is 2.42. The summed E-state index contributed by atoms with van der Waals surface area (Å²) >= 11 is 0. The quantitative estimate of drug-likeness (QED) is 0.339. The van der Waals surface area contributed by atoms with Gasteiger partial charge >= 0.3 is 0 Å². The molecule has 3 aromatic carbocycles. The second-order valence-electron chi connectivity index (χ2n) is 8.43. The van der Waals surface area contributed by atoms with Crippen LogP contribution in [0.3, 0.4) is 0 Å². The van der Waals surface area contributed by atoms with Gasteiger partial charge in [0.1, 0.15) is 0 Å². The van der Waals surface area contributed by atoms with Crippen molar-refractivity contribution in [3.63, 3.8) is 0 Å². The Morgan fingerprint density at radius 2 is 1.57 bits per heavy atom. The normalized spacial score (nSPS) is 12.7. The van der Waals surface area contributed by atoms with Gasteiger partial charge < -0.3 is 0 Å². The maximum atomic E-state index is 2.42. The molecule has 30 heavy (non-hydrogen) atoms. The first-order valence-corrected chi connectivity index (χ1v) is 11.6. The topological polar surface area (TPSA) is 0 Å². The van der Waals surface area contributed by atoms with Crippen LogP contribution in [-0.4, -0.2) is 0 Å². The lowest BCUT2D eigenvalue weighted by Crippen LogP contribution is -2.00. The number of rotatable bonds is 9. The molecule has 0 nitrogen and oxygen atoms in total. The van der Waals surface area contributed by atoms with E-state index in [1.54, 1.807) is 0 Å². The van der Waals surface area contributed by atoms with E-state index in [0.29, 0.717) is 5.92 Å². The van der Waals surface area contributed by atoms with Gasteiger partial charge in [0.05, 0.1) is 0 Å². The summed E-state index contributed by atoms with van der Waals surface area (Å²) in [7, 11) is 0. The number of benzene rings is 3. The van der Waals surface area contributed by atoms with Crippen LogP contribution in [0.15, 0.2) is 78.9 Å². The molecule has 3 rings (SSSR count). The Bertz CT molecular complexity index is 977. The number of aryl methyl sites for hydroxylation is 3. The van der Waals surface area contributed by atoms with E-state index in [0.717, 1.165) is 19.3 Å². The maximum Gasteiger partial charge on any atom is -0.0149 e. The van der Waals surface area contributed by atoms with Crippen molar-refractivity contribution in [3.8, 4) is 11.1 Å². The highest BCUT2D eigenvalue weighted by atomic mass is 14.2. The monoisotopic (exact) mass is 396 g/mol. The van der Waals surface area contributed by atoms with Gasteiger partial charge in [-0.05, 0) is 77.5 Å². The van der Waals surface area contributed by atoms with Gasteiger partial charge in [0, 0.05) is 0 Å². The molecule has 0 heterocycles. The molecule has 0 N–H and O–H groups in total. The zero-order valence-corrected chi connectivity index (χ0v) is 19.1. The highest BCUT2D eigenvalue weighted by Gasteiger charge is 2.11. The van der Waals surface area contributed by atoms with E-state index in [-0.39, 0.29) is 0 Å². The Labute approximate surface area is 183 Å². The number of hydrogen-bond donors (Lipinski definition) is 0. The van der Waals surface area contributed by atoms with Crippen LogP contribution in [-0.2, 0) is 12.8 Å². The van der Waals surface area contributed by atoms with Gasteiger partial charge in [-0.1, -0.05) is 106 Å². The summed E-state index contributed by atoms with van der Waals surface area (Å²) in [5, 5.41) is 0. The minimum atomic E-state index is 0.618. The molecule has 1 atom stereocenters. The Morgan fingerprint density at radius 1 is 0.833 bits per heavy atom. The van der Waals surface area contributed by atoms with Crippen molar-refractivity contribution < 1.29 is 0 Å². The number of allylic oxidation sites excluding steroid dienone is 2. The summed E-state index contributed by atoms with van der Waals surface area (Å²) in [5.74, 6) is 0.618. The van der Waals surface area contributed by atoms with Crippen LogP contribution in [0, 0.1) is 12.8 Å². The molecule has 0 aliphatic heterocycles. The molecule has 0 fully saturated rings. The zero-order valence-electron chi connectivity index (χ0n) is 19.1. The fourth-order valence-corrected chi connectivity index (χ4v) is 4.47. The highest BCUT2D eigenvalue weighted by molar-refractivity contribution is 5.71. The van der Waals surface area contributed by atoms with E-state index < -0.39 is 0 Å². The SMILES string of the molecule is CC/C=C(\c1cccc(CCc2ccccc2-c2ccccc2C)c1)C(C)CCC. The summed E-state index contributed by atoms with van der Waals surface area (Å²) in [6.07, 6.45) is 8.13. The molecule has 0 aliphatic carbocycles. The predicted octanol–water partition coefficient (Wildman–Crippen LogP) is 8.68. The van der Waals surface area contributed by atoms with E-state index in [2.05, 4.69) is 107 Å². The van der Waals surface area contributed by atoms with Crippen molar-refractivity contribution in [2.24, 2.45) is 5.92 Å². The molecule has 0 saturated carbocycles. The molecule has 0 saturated heterocycles. The molecule has 0 bridgehead atoms. The third-order valence-electron chi connectivity index (χ3n) is 6.07. The van der Waals surface area contributed by atoms with Crippen LogP contribution in [0.2, 0.25) is 0 Å². The summed E-state index contributed by atoms with van der Waals surface area (Å²) < 4.78 is 0. The van der Waals surface area contributed by atoms with Crippen LogP contribution < -0.4 is 0 Å². The van der Waals surface area contributed by atoms with Gasteiger partial charge in [-0.15, -0.1) is 0 Å². The van der Waals surface area contributed by atoms with E-state index >= 15 is 0 Å². The van der Waals surface area contributed by atoms with Gasteiger partial charge in [-0.3, -0.25) is 0 Å². The minimum absolute atomic E-state index is 0.618. The minimum Gasteiger partial charge on any atom is -0.0807 e. The second kappa shape index (κ2) is 11.0. The molecule has 0 aromatic heterocycles. The molecular weight excluding hydrogens is 360 g/mol. The molecule has 1 unspecified atom stereocenters. The van der Waals surface area contributed by atoms with Gasteiger partial charge in [0.15, 0.2) is 0 Å². The fraction of sp³-hybridized carbons (Fsp3) is 0.333. The van der Waals surface area contributed by atoms with Crippen LogP contribution in [0.25, 0.3) is 16.7 Å². The first kappa shape index (κ1) is 22.1. The highest BCUT2D eigenvalue weighted by Crippen LogP contribution is 2.30. The second-order valence-corrected chi connectivity index (χ2v) is 8.43. The first-order chi connectivity index (χ1) is 14.6. The molecule has 0 spiro atoms. The van der Waals surface area contributed by atoms with Gasteiger partial charge in [0.2, 0.25) is 0 Å². The third kappa shape index (κ3) is 5.51. The first-order valence-electron chi connectivity index (χ1n) is 11.6. The van der Waals surface area contributed by atoms with Crippen molar-refractivity contribution >= 4 is 5.57 Å². The molecule has 0 heteroatoms. The van der Waals surface area contributed by atoms with E-state index in [1.165, 1.54) is 51.8 Å². The fourth-order valence-electron chi connectivity index (χ4n) is 4.47. The lowest BCUT2D eigenvalue weighted by atomic mass is 9.88. The van der Waals surface area contributed by atoms with Crippen molar-refractivity contribution in [2.45, 2.75) is 59.8 Å². The summed E-state index contributed by atoms with van der Waals surface area (Å²) in [5.41, 5.74) is 9.84. The van der Waals surface area contributed by atoms with Gasteiger partial charge in [0.25, 0.3) is 0 Å². The largest absolute Gasteiger partial charge is 0.0807 e. The van der Waals surface area contributed by atoms with Gasteiger partial charge in [-0.25, -0.2) is 0 Å². The van der Waals surface area contributed by atoms with Crippen LogP contribution in [0.4, 0.5) is 0 Å². The van der Waals surface area contributed by atoms with Crippen molar-refractivity contribution in [2.75, 3.05) is 0 Å². The summed E-state index contributed by atoms with van der Waals surface area (Å²) in [4.78, 5) is 0. The lowest BCUT2D eigenvalue weighted by molar-refractivity contribution is 0.648. The Balaban J connectivity index is 1.82. The molecule has 0 amide bonds. The van der Waals surface area contributed by atoms with Crippen molar-refractivity contribution in [1.29, 1.82) is 0 Å². The van der Waals surface area contributed by atoms with E-state index in [4.69, 9.17) is 0 Å². The summed E-state index contributed by atoms with van der Waals surface area (Å²) in [6, 6.07) is 26.8. The Morgan fingerprint density at radius 3 is 2.30 bits per heavy atom. The molecule has 156 valence electrons. The van der Waals surface area contributed by atoms with Crippen molar-refractivity contribution in [3.05, 3.63) is 101 Å². The average molecular weight is 397 g/mol. The Kier molecular flexibility index (Phi) is 8.08. The molecular formula is C30H36. The molecule has 0 aliphatic rings. The van der Waals surface area contributed by atoms with E-state index in [9.17, 15) is 0 Å². The molecule has 0 radical (unpaired) electrons.